The van der Waals surface area contributed by atoms with Gasteiger partial charge in [-0.15, -0.1) is 0 Å². The van der Waals surface area contributed by atoms with Crippen molar-refractivity contribution in [3.63, 3.8) is 0 Å². The van der Waals surface area contributed by atoms with Gasteiger partial charge in [-0.1, -0.05) is 23.7 Å². The van der Waals surface area contributed by atoms with Gasteiger partial charge in [-0.05, 0) is 52.7 Å². The maximum atomic E-state index is 11.8. The Morgan fingerprint density at radius 2 is 1.95 bits per heavy atom. The molecule has 0 heterocycles. The van der Waals surface area contributed by atoms with Gasteiger partial charge in [-0.3, -0.25) is 0 Å². The Bertz CT molecular complexity index is 775. The number of sulfone groups is 1. The fourth-order valence-corrected chi connectivity index (χ4v) is 3.89. The maximum Gasteiger partial charge on any atom is 0.175 e. The average molecular weight is 389 g/mol. The van der Waals surface area contributed by atoms with Crippen LogP contribution in [0.2, 0.25) is 5.02 Å². The minimum absolute atomic E-state index is 0.255. The van der Waals surface area contributed by atoms with Gasteiger partial charge in [-0.2, -0.15) is 0 Å². The van der Waals surface area contributed by atoms with Gasteiger partial charge < -0.3 is 5.32 Å². The van der Waals surface area contributed by atoms with Crippen LogP contribution in [0.15, 0.2) is 45.8 Å². The number of anilines is 1. The molecule has 6 heteroatoms. The summed E-state index contributed by atoms with van der Waals surface area (Å²) < 4.78 is 24.6. The number of rotatable bonds is 4. The minimum atomic E-state index is -3.31. The first kappa shape index (κ1) is 16.3. The fraction of sp³-hybridized carbons (Fsp3) is 0.200. The Labute approximate surface area is 138 Å². The van der Waals surface area contributed by atoms with Gasteiger partial charge in [0.1, 0.15) is 0 Å². The van der Waals surface area contributed by atoms with E-state index < -0.39 is 9.84 Å². The summed E-state index contributed by atoms with van der Waals surface area (Å²) in [5.41, 5.74) is 2.61. The highest BCUT2D eigenvalue weighted by Gasteiger charge is 2.15. The molecule has 0 bridgehead atoms. The number of aryl methyl sites for hydroxylation is 1. The summed E-state index contributed by atoms with van der Waals surface area (Å²) in [6.07, 6.45) is 1.18. The second-order valence-corrected chi connectivity index (χ2v) is 8.07. The van der Waals surface area contributed by atoms with E-state index in [1.54, 1.807) is 18.2 Å². The molecule has 0 atom stereocenters. The topological polar surface area (TPSA) is 46.2 Å². The Hall–Kier alpha value is -1.04. The second-order valence-electron chi connectivity index (χ2n) is 4.83. The van der Waals surface area contributed by atoms with Crippen molar-refractivity contribution in [2.75, 3.05) is 11.6 Å². The summed E-state index contributed by atoms with van der Waals surface area (Å²) >= 11 is 9.63. The fourth-order valence-electron chi connectivity index (χ4n) is 2.00. The van der Waals surface area contributed by atoms with Crippen molar-refractivity contribution in [3.8, 4) is 0 Å². The van der Waals surface area contributed by atoms with Crippen molar-refractivity contribution in [3.05, 3.63) is 57.0 Å². The van der Waals surface area contributed by atoms with Crippen LogP contribution in [-0.2, 0) is 16.4 Å². The summed E-state index contributed by atoms with van der Waals surface area (Å²) in [4.78, 5) is 0.255. The molecule has 112 valence electrons. The summed E-state index contributed by atoms with van der Waals surface area (Å²) in [6.45, 7) is 2.34. The van der Waals surface area contributed by atoms with Crippen LogP contribution >= 0.6 is 27.5 Å². The first-order valence-corrected chi connectivity index (χ1v) is 9.33. The molecule has 0 aromatic heterocycles. The van der Waals surface area contributed by atoms with Crippen LogP contribution in [0.25, 0.3) is 0 Å². The van der Waals surface area contributed by atoms with Crippen LogP contribution in [0.5, 0.6) is 0 Å². The van der Waals surface area contributed by atoms with Crippen molar-refractivity contribution in [1.82, 2.24) is 0 Å². The third kappa shape index (κ3) is 3.99. The van der Waals surface area contributed by atoms with Gasteiger partial charge >= 0.3 is 0 Å². The van der Waals surface area contributed by atoms with Crippen molar-refractivity contribution < 1.29 is 8.42 Å². The molecule has 0 saturated heterocycles. The van der Waals surface area contributed by atoms with E-state index in [-0.39, 0.29) is 4.90 Å². The zero-order valence-electron chi connectivity index (χ0n) is 11.7. The predicted molar refractivity (Wildman–Crippen MR) is 90.8 cm³/mol. The van der Waals surface area contributed by atoms with Crippen molar-refractivity contribution in [1.29, 1.82) is 0 Å². The van der Waals surface area contributed by atoms with E-state index in [1.807, 2.05) is 25.1 Å². The molecule has 1 N–H and O–H groups in total. The van der Waals surface area contributed by atoms with Crippen molar-refractivity contribution >= 4 is 43.1 Å². The molecule has 0 aliphatic rings. The average Bonchev–Trinajstić information content (AvgIpc) is 2.37. The van der Waals surface area contributed by atoms with Crippen LogP contribution in [0.3, 0.4) is 0 Å². The standard InChI is InChI=1S/C15H15BrClNO2S/c1-10-6-7-14(12(16)8-10)18-9-11-13(17)4-3-5-15(11)21(2,19)20/h3-8,18H,9H2,1-2H3. The van der Waals surface area contributed by atoms with Gasteiger partial charge in [-0.25, -0.2) is 8.42 Å². The third-order valence-corrected chi connectivity index (χ3v) is 5.25. The van der Waals surface area contributed by atoms with Gasteiger partial charge in [0.25, 0.3) is 0 Å². The van der Waals surface area contributed by atoms with E-state index in [9.17, 15) is 8.42 Å². The Kier molecular flexibility index (Phi) is 4.96. The van der Waals surface area contributed by atoms with Crippen LogP contribution in [-0.4, -0.2) is 14.7 Å². The summed E-state index contributed by atoms with van der Waals surface area (Å²) in [7, 11) is -3.31. The number of hydrogen-bond acceptors (Lipinski definition) is 3. The summed E-state index contributed by atoms with van der Waals surface area (Å²) in [5, 5.41) is 3.65. The molecule has 2 aromatic rings. The molecule has 2 rings (SSSR count). The number of benzene rings is 2. The van der Waals surface area contributed by atoms with Crippen LogP contribution in [0.4, 0.5) is 5.69 Å². The van der Waals surface area contributed by atoms with Crippen LogP contribution in [0, 0.1) is 6.92 Å². The lowest BCUT2D eigenvalue weighted by Gasteiger charge is -2.13. The molecular formula is C15H15BrClNO2S. The first-order valence-electron chi connectivity index (χ1n) is 6.26. The summed E-state index contributed by atoms with van der Waals surface area (Å²) in [6, 6.07) is 10.8. The molecule has 0 radical (unpaired) electrons. The molecule has 3 nitrogen and oxygen atoms in total. The molecule has 0 saturated carbocycles. The van der Waals surface area contributed by atoms with Crippen molar-refractivity contribution in [2.45, 2.75) is 18.4 Å². The quantitative estimate of drug-likeness (QED) is 0.843. The van der Waals surface area contributed by atoms with E-state index in [2.05, 4.69) is 21.2 Å². The number of nitrogens with one attached hydrogen (secondary N) is 1. The monoisotopic (exact) mass is 387 g/mol. The SMILES string of the molecule is Cc1ccc(NCc2c(Cl)cccc2S(C)(=O)=O)c(Br)c1. The van der Waals surface area contributed by atoms with Gasteiger partial charge in [0, 0.05) is 33.5 Å². The largest absolute Gasteiger partial charge is 0.380 e. The summed E-state index contributed by atoms with van der Waals surface area (Å²) in [5.74, 6) is 0. The Morgan fingerprint density at radius 1 is 1.24 bits per heavy atom. The molecule has 2 aromatic carbocycles. The highest BCUT2D eigenvalue weighted by atomic mass is 79.9. The molecule has 0 amide bonds. The second kappa shape index (κ2) is 6.38. The molecule has 21 heavy (non-hydrogen) atoms. The Balaban J connectivity index is 2.32. The number of halogens is 2. The molecule has 0 aliphatic carbocycles. The highest BCUT2D eigenvalue weighted by Crippen LogP contribution is 2.28. The van der Waals surface area contributed by atoms with E-state index in [0.29, 0.717) is 17.1 Å². The van der Waals surface area contributed by atoms with E-state index in [4.69, 9.17) is 11.6 Å². The lowest BCUT2D eigenvalue weighted by molar-refractivity contribution is 0.601. The first-order chi connectivity index (χ1) is 9.79. The van der Waals surface area contributed by atoms with E-state index >= 15 is 0 Å². The lowest BCUT2D eigenvalue weighted by Crippen LogP contribution is -2.08. The highest BCUT2D eigenvalue weighted by molar-refractivity contribution is 9.10. The number of hydrogen-bond donors (Lipinski definition) is 1. The van der Waals surface area contributed by atoms with Gasteiger partial charge in [0.15, 0.2) is 9.84 Å². The van der Waals surface area contributed by atoms with Crippen molar-refractivity contribution in [2.24, 2.45) is 0 Å². The molecule has 0 spiro atoms. The normalized spacial score (nSPS) is 11.4. The molecule has 0 unspecified atom stereocenters. The minimum Gasteiger partial charge on any atom is -0.380 e. The predicted octanol–water partition coefficient (Wildman–Crippen LogP) is 4.43. The molecule has 0 fully saturated rings. The molecular weight excluding hydrogens is 374 g/mol. The van der Waals surface area contributed by atoms with E-state index in [0.717, 1.165) is 15.7 Å². The van der Waals surface area contributed by atoms with Crippen LogP contribution in [0.1, 0.15) is 11.1 Å². The van der Waals surface area contributed by atoms with Gasteiger partial charge in [0.2, 0.25) is 0 Å². The maximum absolute atomic E-state index is 11.8. The lowest BCUT2D eigenvalue weighted by atomic mass is 10.2. The van der Waals surface area contributed by atoms with Crippen LogP contribution < -0.4 is 5.32 Å². The zero-order valence-corrected chi connectivity index (χ0v) is 14.8. The molecule has 0 aliphatic heterocycles. The zero-order chi connectivity index (χ0) is 15.6. The van der Waals surface area contributed by atoms with E-state index in [1.165, 1.54) is 6.26 Å². The van der Waals surface area contributed by atoms with Gasteiger partial charge in [0.05, 0.1) is 4.90 Å². The smallest absolute Gasteiger partial charge is 0.175 e. The third-order valence-electron chi connectivity index (χ3n) is 3.06. The Morgan fingerprint density at radius 3 is 2.57 bits per heavy atom.